The molecule has 1 aliphatic carbocycles. The van der Waals surface area contributed by atoms with Gasteiger partial charge in [-0.2, -0.15) is 0 Å². The molecule has 0 saturated heterocycles. The fourth-order valence-corrected chi connectivity index (χ4v) is 6.58. The highest BCUT2D eigenvalue weighted by Crippen LogP contribution is 2.48. The molecule has 11 heteroatoms. The molecular formula is C31H32Cl2N4O5. The van der Waals surface area contributed by atoms with Gasteiger partial charge in [-0.25, -0.2) is 5.48 Å². The molecule has 2 aliphatic rings. The van der Waals surface area contributed by atoms with Crippen molar-refractivity contribution in [1.29, 1.82) is 0 Å². The zero-order valence-electron chi connectivity index (χ0n) is 22.8. The number of benzene rings is 2. The lowest BCUT2D eigenvalue weighted by atomic mass is 9.75. The molecule has 5 rings (SSSR count). The van der Waals surface area contributed by atoms with Crippen LogP contribution in [-0.4, -0.2) is 51.9 Å². The van der Waals surface area contributed by atoms with Crippen molar-refractivity contribution >= 4 is 40.9 Å². The van der Waals surface area contributed by atoms with Crippen LogP contribution in [0.5, 0.6) is 0 Å². The number of fused-ring (bicyclic) bond motifs is 1. The summed E-state index contributed by atoms with van der Waals surface area (Å²) in [6.45, 7) is -0.0293. The second kappa shape index (κ2) is 13.6. The van der Waals surface area contributed by atoms with Gasteiger partial charge in [0.2, 0.25) is 5.91 Å². The van der Waals surface area contributed by atoms with Gasteiger partial charge in [-0.3, -0.25) is 24.2 Å². The number of carbonyl (C=O) groups excluding carboxylic acids is 3. The number of hydrogen-bond acceptors (Lipinski definition) is 6. The van der Waals surface area contributed by atoms with Crippen LogP contribution in [0.1, 0.15) is 64.8 Å². The van der Waals surface area contributed by atoms with Crippen molar-refractivity contribution in [3.63, 3.8) is 0 Å². The maximum atomic E-state index is 14.3. The summed E-state index contributed by atoms with van der Waals surface area (Å²) in [7, 11) is 0. The van der Waals surface area contributed by atoms with Crippen molar-refractivity contribution in [2.75, 3.05) is 13.2 Å². The molecule has 3 amide bonds. The summed E-state index contributed by atoms with van der Waals surface area (Å²) in [5.41, 5.74) is 4.66. The predicted octanol–water partition coefficient (Wildman–Crippen LogP) is 4.58. The Labute approximate surface area is 254 Å². The molecule has 4 unspecified atom stereocenters. The third-order valence-corrected chi connectivity index (χ3v) is 8.46. The van der Waals surface area contributed by atoms with Gasteiger partial charge in [-0.05, 0) is 54.3 Å². The van der Waals surface area contributed by atoms with Crippen molar-refractivity contribution in [2.24, 2.45) is 5.92 Å². The standard InChI is InChI=1S/C31H32Cl2N4O5/c32-19-12-13-23(25(33)17-19)28-27(30(40)36-42-18-20-7-5-6-14-34-20)21-8-1-2-9-22(21)31(41)37(28)26-11-4-3-10-24(26)29(39)35-15-16-38/h1-2,5-9,12-14,17,24,26-28,38H,3-4,10-11,15-16,18H2,(H,35,39)(H,36,40). The van der Waals surface area contributed by atoms with Gasteiger partial charge in [-0.15, -0.1) is 0 Å². The Hall–Kier alpha value is -3.50. The molecule has 2 heterocycles. The quantitative estimate of drug-likeness (QED) is 0.305. The molecule has 3 aromatic rings. The van der Waals surface area contributed by atoms with E-state index in [9.17, 15) is 19.5 Å². The largest absolute Gasteiger partial charge is 0.395 e. The Morgan fingerprint density at radius 3 is 2.55 bits per heavy atom. The summed E-state index contributed by atoms with van der Waals surface area (Å²) in [6.07, 6.45) is 4.40. The van der Waals surface area contributed by atoms with E-state index in [1.807, 2.05) is 6.07 Å². The number of amides is 3. The van der Waals surface area contributed by atoms with Crippen LogP contribution >= 0.6 is 23.2 Å². The highest BCUT2D eigenvalue weighted by Gasteiger charge is 2.50. The average Bonchev–Trinajstić information content (AvgIpc) is 3.00. The zero-order chi connectivity index (χ0) is 29.6. The Balaban J connectivity index is 1.58. The molecule has 4 atom stereocenters. The average molecular weight is 612 g/mol. The second-order valence-corrected chi connectivity index (χ2v) is 11.3. The van der Waals surface area contributed by atoms with Crippen LogP contribution in [0.25, 0.3) is 0 Å². The summed E-state index contributed by atoms with van der Waals surface area (Å²) in [4.78, 5) is 53.2. The molecule has 2 aromatic carbocycles. The van der Waals surface area contributed by atoms with Gasteiger partial charge >= 0.3 is 0 Å². The summed E-state index contributed by atoms with van der Waals surface area (Å²) < 4.78 is 0. The number of aliphatic hydroxyl groups excluding tert-OH is 1. The minimum atomic E-state index is -0.913. The normalized spacial score (nSPS) is 21.9. The fourth-order valence-electron chi connectivity index (χ4n) is 6.06. The van der Waals surface area contributed by atoms with Crippen LogP contribution in [0.4, 0.5) is 0 Å². The van der Waals surface area contributed by atoms with E-state index >= 15 is 0 Å². The highest BCUT2D eigenvalue weighted by molar-refractivity contribution is 6.35. The van der Waals surface area contributed by atoms with Crippen LogP contribution < -0.4 is 10.8 Å². The van der Waals surface area contributed by atoms with Crippen molar-refractivity contribution in [3.05, 3.63) is 99.3 Å². The van der Waals surface area contributed by atoms with Gasteiger partial charge in [0.05, 0.1) is 30.2 Å². The summed E-state index contributed by atoms with van der Waals surface area (Å²) >= 11 is 13.0. The van der Waals surface area contributed by atoms with Crippen molar-refractivity contribution in [1.82, 2.24) is 20.7 Å². The number of aliphatic hydroxyl groups is 1. The summed E-state index contributed by atoms with van der Waals surface area (Å²) in [5.74, 6) is -2.43. The van der Waals surface area contributed by atoms with Gasteiger partial charge < -0.3 is 15.3 Å². The van der Waals surface area contributed by atoms with Crippen molar-refractivity contribution in [2.45, 2.75) is 50.3 Å². The zero-order valence-corrected chi connectivity index (χ0v) is 24.4. The lowest BCUT2D eigenvalue weighted by molar-refractivity contribution is -0.138. The molecule has 0 spiro atoms. The van der Waals surface area contributed by atoms with Crippen LogP contribution in [0, 0.1) is 5.92 Å². The molecule has 1 aliphatic heterocycles. The van der Waals surface area contributed by atoms with Gasteiger partial charge in [0.1, 0.15) is 6.61 Å². The molecular weight excluding hydrogens is 579 g/mol. The Morgan fingerprint density at radius 2 is 1.79 bits per heavy atom. The number of hydroxylamine groups is 1. The monoisotopic (exact) mass is 610 g/mol. The molecule has 42 heavy (non-hydrogen) atoms. The Morgan fingerprint density at radius 1 is 1.00 bits per heavy atom. The fraction of sp³-hybridized carbons (Fsp3) is 0.355. The molecule has 9 nitrogen and oxygen atoms in total. The molecule has 0 radical (unpaired) electrons. The van der Waals surface area contributed by atoms with Crippen molar-refractivity contribution < 1.29 is 24.3 Å². The van der Waals surface area contributed by atoms with Crippen molar-refractivity contribution in [3.8, 4) is 0 Å². The number of nitrogens with one attached hydrogen (secondary N) is 2. The lowest BCUT2D eigenvalue weighted by Crippen LogP contribution is -2.56. The number of aromatic nitrogens is 1. The van der Waals surface area contributed by atoms with E-state index in [0.29, 0.717) is 45.3 Å². The van der Waals surface area contributed by atoms with Crippen LogP contribution in [-0.2, 0) is 21.0 Å². The first kappa shape index (κ1) is 30.0. The lowest BCUT2D eigenvalue weighted by Gasteiger charge is -2.48. The van der Waals surface area contributed by atoms with E-state index < -0.39 is 29.8 Å². The first-order chi connectivity index (χ1) is 20.4. The number of halogens is 2. The minimum Gasteiger partial charge on any atom is -0.395 e. The molecule has 3 N–H and O–H groups in total. The van der Waals surface area contributed by atoms with Crippen LogP contribution in [0.15, 0.2) is 66.9 Å². The smallest absolute Gasteiger partial charge is 0.254 e. The van der Waals surface area contributed by atoms with E-state index in [0.717, 1.165) is 12.8 Å². The molecule has 1 aromatic heterocycles. The van der Waals surface area contributed by atoms with Gasteiger partial charge in [0, 0.05) is 34.4 Å². The van der Waals surface area contributed by atoms with Gasteiger partial charge in [0.25, 0.3) is 11.8 Å². The van der Waals surface area contributed by atoms with Crippen LogP contribution in [0.3, 0.4) is 0 Å². The third-order valence-electron chi connectivity index (χ3n) is 7.89. The number of rotatable bonds is 9. The second-order valence-electron chi connectivity index (χ2n) is 10.4. The predicted molar refractivity (Wildman–Crippen MR) is 158 cm³/mol. The number of carbonyl (C=O) groups is 3. The van der Waals surface area contributed by atoms with E-state index in [2.05, 4.69) is 15.8 Å². The maximum Gasteiger partial charge on any atom is 0.254 e. The maximum absolute atomic E-state index is 14.3. The molecule has 220 valence electrons. The molecule has 1 fully saturated rings. The number of nitrogens with zero attached hydrogens (tertiary/aromatic N) is 2. The third kappa shape index (κ3) is 6.29. The highest BCUT2D eigenvalue weighted by atomic mass is 35.5. The topological polar surface area (TPSA) is 121 Å². The van der Waals surface area contributed by atoms with Crippen LogP contribution in [0.2, 0.25) is 10.0 Å². The number of pyridine rings is 1. The first-order valence-electron chi connectivity index (χ1n) is 14.0. The van der Waals surface area contributed by atoms with E-state index in [-0.39, 0.29) is 31.6 Å². The van der Waals surface area contributed by atoms with Gasteiger partial charge in [0.15, 0.2) is 0 Å². The molecule has 0 bridgehead atoms. The van der Waals surface area contributed by atoms with E-state index in [1.165, 1.54) is 0 Å². The number of hydrogen-bond donors (Lipinski definition) is 3. The summed E-state index contributed by atoms with van der Waals surface area (Å²) in [6, 6.07) is 16.0. The SMILES string of the molecule is O=C(NCCO)C1CCCCC1N1C(=O)c2ccccc2C(C(=O)NOCc2ccccn2)C1c1ccc(Cl)cc1Cl. The molecule has 1 saturated carbocycles. The summed E-state index contributed by atoms with van der Waals surface area (Å²) in [5, 5.41) is 12.8. The van der Waals surface area contributed by atoms with Gasteiger partial charge in [-0.1, -0.05) is 66.4 Å². The van der Waals surface area contributed by atoms with E-state index in [4.69, 9.17) is 28.0 Å². The Bertz CT molecular complexity index is 1440. The first-order valence-corrected chi connectivity index (χ1v) is 14.7. The van der Waals surface area contributed by atoms with E-state index in [1.54, 1.807) is 65.7 Å². The Kier molecular flexibility index (Phi) is 9.74. The minimum absolute atomic E-state index is 0.0473.